The van der Waals surface area contributed by atoms with Gasteiger partial charge in [-0.3, -0.25) is 9.59 Å². The molecule has 0 aliphatic carbocycles. The molecule has 148 valence electrons. The predicted molar refractivity (Wildman–Crippen MR) is 114 cm³/mol. The summed E-state index contributed by atoms with van der Waals surface area (Å²) in [4.78, 5) is 29.9. The van der Waals surface area contributed by atoms with Gasteiger partial charge in [0.15, 0.2) is 0 Å². The van der Waals surface area contributed by atoms with E-state index in [2.05, 4.69) is 10.2 Å². The Morgan fingerprint density at radius 3 is 2.32 bits per heavy atom. The summed E-state index contributed by atoms with van der Waals surface area (Å²) in [6.45, 7) is 7.88. The van der Waals surface area contributed by atoms with E-state index in [1.165, 1.54) is 0 Å². The molecule has 0 spiro atoms. The minimum Gasteiger partial charge on any atom is -0.368 e. The van der Waals surface area contributed by atoms with E-state index < -0.39 is 5.41 Å². The number of aryl methyl sites for hydroxylation is 1. The Kier molecular flexibility index (Phi) is 5.94. The number of amides is 2. The standard InChI is InChI=1S/C22H26ClN3O2/c1-16-7-4-5-10-19(16)24-20(27)22(2,3)21(28)26-13-11-25(12-14-26)18-9-6-8-17(23)15-18/h4-10,15H,11-14H2,1-3H3,(H,24,27). The van der Waals surface area contributed by atoms with Crippen LogP contribution >= 0.6 is 11.6 Å². The molecule has 1 saturated heterocycles. The minimum atomic E-state index is -1.14. The highest BCUT2D eigenvalue weighted by Gasteiger charge is 2.40. The first-order valence-electron chi connectivity index (χ1n) is 9.46. The number of carbonyl (C=O) groups is 2. The second-order valence-corrected chi connectivity index (χ2v) is 8.09. The molecule has 6 heteroatoms. The van der Waals surface area contributed by atoms with Crippen molar-refractivity contribution < 1.29 is 9.59 Å². The molecule has 3 rings (SSSR count). The van der Waals surface area contributed by atoms with Gasteiger partial charge in [-0.2, -0.15) is 0 Å². The molecule has 5 nitrogen and oxygen atoms in total. The van der Waals surface area contributed by atoms with E-state index in [1.54, 1.807) is 18.7 Å². The van der Waals surface area contributed by atoms with E-state index in [-0.39, 0.29) is 11.8 Å². The largest absolute Gasteiger partial charge is 0.368 e. The van der Waals surface area contributed by atoms with Gasteiger partial charge >= 0.3 is 0 Å². The summed E-state index contributed by atoms with van der Waals surface area (Å²) < 4.78 is 0. The molecule has 0 atom stereocenters. The van der Waals surface area contributed by atoms with Gasteiger partial charge in [-0.25, -0.2) is 0 Å². The third-order valence-electron chi connectivity index (χ3n) is 5.24. The van der Waals surface area contributed by atoms with Gasteiger partial charge in [0.1, 0.15) is 5.41 Å². The lowest BCUT2D eigenvalue weighted by Crippen LogP contribution is -2.54. The molecule has 1 aliphatic heterocycles. The van der Waals surface area contributed by atoms with Crippen LogP contribution in [0.1, 0.15) is 19.4 Å². The number of carbonyl (C=O) groups excluding carboxylic acids is 2. The van der Waals surface area contributed by atoms with Crippen LogP contribution in [0.5, 0.6) is 0 Å². The maximum atomic E-state index is 13.1. The summed E-state index contributed by atoms with van der Waals surface area (Å²) in [7, 11) is 0. The van der Waals surface area contributed by atoms with Crippen LogP contribution in [0.3, 0.4) is 0 Å². The lowest BCUT2D eigenvalue weighted by atomic mass is 9.89. The van der Waals surface area contributed by atoms with Crippen LogP contribution in [-0.2, 0) is 9.59 Å². The Bertz CT molecular complexity index is 874. The van der Waals surface area contributed by atoms with Crippen molar-refractivity contribution in [1.29, 1.82) is 0 Å². The van der Waals surface area contributed by atoms with E-state index in [9.17, 15) is 9.59 Å². The molecule has 0 unspecified atom stereocenters. The van der Waals surface area contributed by atoms with Crippen molar-refractivity contribution in [3.05, 3.63) is 59.1 Å². The first-order chi connectivity index (χ1) is 13.3. The van der Waals surface area contributed by atoms with Crippen LogP contribution in [0, 0.1) is 12.3 Å². The van der Waals surface area contributed by atoms with Gasteiger partial charge in [-0.1, -0.05) is 35.9 Å². The number of hydrogen-bond donors (Lipinski definition) is 1. The first-order valence-corrected chi connectivity index (χ1v) is 9.84. The second kappa shape index (κ2) is 8.23. The lowest BCUT2D eigenvalue weighted by Gasteiger charge is -2.39. The maximum Gasteiger partial charge on any atom is 0.239 e. The molecule has 1 heterocycles. The fourth-order valence-corrected chi connectivity index (χ4v) is 3.51. The van der Waals surface area contributed by atoms with Crippen LogP contribution in [0.15, 0.2) is 48.5 Å². The van der Waals surface area contributed by atoms with E-state index in [4.69, 9.17) is 11.6 Å². The number of piperazine rings is 1. The van der Waals surface area contributed by atoms with Crippen LogP contribution < -0.4 is 10.2 Å². The number of para-hydroxylation sites is 1. The lowest BCUT2D eigenvalue weighted by molar-refractivity contribution is -0.146. The molecular weight excluding hydrogens is 374 g/mol. The van der Waals surface area contributed by atoms with E-state index in [0.29, 0.717) is 31.2 Å². The molecule has 28 heavy (non-hydrogen) atoms. The summed E-state index contributed by atoms with van der Waals surface area (Å²) in [5, 5.41) is 3.60. The van der Waals surface area contributed by atoms with Gasteiger partial charge in [0.25, 0.3) is 0 Å². The summed E-state index contributed by atoms with van der Waals surface area (Å²) >= 11 is 6.08. The fraction of sp³-hybridized carbons (Fsp3) is 0.364. The Labute approximate surface area is 171 Å². The molecule has 0 radical (unpaired) electrons. The number of nitrogens with one attached hydrogen (secondary N) is 1. The van der Waals surface area contributed by atoms with Crippen LogP contribution in [0.4, 0.5) is 11.4 Å². The fourth-order valence-electron chi connectivity index (χ4n) is 3.32. The van der Waals surface area contributed by atoms with Crippen LogP contribution in [-0.4, -0.2) is 42.9 Å². The number of nitrogens with zero attached hydrogens (tertiary/aromatic N) is 2. The van der Waals surface area contributed by atoms with Crippen LogP contribution in [0.25, 0.3) is 0 Å². The van der Waals surface area contributed by atoms with Gasteiger partial charge in [-0.05, 0) is 50.6 Å². The second-order valence-electron chi connectivity index (χ2n) is 7.65. The Morgan fingerprint density at radius 1 is 1.00 bits per heavy atom. The Morgan fingerprint density at radius 2 is 1.68 bits per heavy atom. The van der Waals surface area contributed by atoms with Crippen molar-refractivity contribution >= 4 is 34.8 Å². The molecule has 1 fully saturated rings. The van der Waals surface area contributed by atoms with E-state index in [0.717, 1.165) is 16.9 Å². The quantitative estimate of drug-likeness (QED) is 0.791. The van der Waals surface area contributed by atoms with Crippen LogP contribution in [0.2, 0.25) is 5.02 Å². The van der Waals surface area contributed by atoms with E-state index in [1.807, 2.05) is 55.5 Å². The van der Waals surface area contributed by atoms with Crippen molar-refractivity contribution in [2.45, 2.75) is 20.8 Å². The van der Waals surface area contributed by atoms with E-state index >= 15 is 0 Å². The molecule has 1 N–H and O–H groups in total. The molecule has 2 aromatic carbocycles. The smallest absolute Gasteiger partial charge is 0.239 e. The van der Waals surface area contributed by atoms with Gasteiger partial charge in [-0.15, -0.1) is 0 Å². The molecular formula is C22H26ClN3O2. The van der Waals surface area contributed by atoms with Crippen molar-refractivity contribution in [2.75, 3.05) is 36.4 Å². The number of rotatable bonds is 4. The topological polar surface area (TPSA) is 52.7 Å². The number of hydrogen-bond acceptors (Lipinski definition) is 3. The summed E-state index contributed by atoms with van der Waals surface area (Å²) in [5.41, 5.74) is 1.62. The van der Waals surface area contributed by atoms with Gasteiger partial charge in [0.05, 0.1) is 0 Å². The van der Waals surface area contributed by atoms with Gasteiger partial charge in [0, 0.05) is 42.6 Å². The molecule has 2 aromatic rings. The SMILES string of the molecule is Cc1ccccc1NC(=O)C(C)(C)C(=O)N1CCN(c2cccc(Cl)c2)CC1. The molecule has 0 saturated carbocycles. The summed E-state index contributed by atoms with van der Waals surface area (Å²) in [6.07, 6.45) is 0. The van der Waals surface area contributed by atoms with Crippen molar-refractivity contribution in [3.63, 3.8) is 0 Å². The predicted octanol–water partition coefficient (Wildman–Crippen LogP) is 3.96. The first kappa shape index (κ1) is 20.2. The summed E-state index contributed by atoms with van der Waals surface area (Å²) in [6, 6.07) is 15.3. The monoisotopic (exact) mass is 399 g/mol. The third-order valence-corrected chi connectivity index (χ3v) is 5.47. The molecule has 0 aromatic heterocycles. The highest BCUT2D eigenvalue weighted by Crippen LogP contribution is 2.26. The highest BCUT2D eigenvalue weighted by atomic mass is 35.5. The number of benzene rings is 2. The van der Waals surface area contributed by atoms with Crippen molar-refractivity contribution in [1.82, 2.24) is 4.90 Å². The summed E-state index contributed by atoms with van der Waals surface area (Å²) in [5.74, 6) is -0.437. The molecule has 1 aliphatic rings. The Balaban J connectivity index is 1.63. The van der Waals surface area contributed by atoms with Gasteiger partial charge < -0.3 is 15.1 Å². The zero-order valence-corrected chi connectivity index (χ0v) is 17.3. The third kappa shape index (κ3) is 4.30. The van der Waals surface area contributed by atoms with Crippen molar-refractivity contribution in [3.8, 4) is 0 Å². The molecule has 2 amide bonds. The number of halogens is 1. The van der Waals surface area contributed by atoms with Gasteiger partial charge in [0.2, 0.25) is 11.8 Å². The average molecular weight is 400 g/mol. The minimum absolute atomic E-state index is 0.149. The maximum absolute atomic E-state index is 13.1. The average Bonchev–Trinajstić information content (AvgIpc) is 2.69. The zero-order valence-electron chi connectivity index (χ0n) is 16.5. The number of anilines is 2. The molecule has 0 bridgehead atoms. The normalized spacial score (nSPS) is 14.7. The Hall–Kier alpha value is -2.53. The van der Waals surface area contributed by atoms with Crippen molar-refractivity contribution in [2.24, 2.45) is 5.41 Å². The highest BCUT2D eigenvalue weighted by molar-refractivity contribution is 6.30. The zero-order chi connectivity index (χ0) is 20.3.